The first kappa shape index (κ1) is 18.0. The molecule has 2 N–H and O–H groups in total. The minimum atomic E-state index is -0.160. The molecule has 1 atom stereocenters. The van der Waals surface area contributed by atoms with Crippen LogP contribution in [0.4, 0.5) is 0 Å². The maximum absolute atomic E-state index is 13.4. The lowest BCUT2D eigenvalue weighted by molar-refractivity contribution is 0.0651. The molecule has 6 heteroatoms. The van der Waals surface area contributed by atoms with E-state index in [1.165, 1.54) is 6.42 Å². The van der Waals surface area contributed by atoms with Crippen molar-refractivity contribution in [3.63, 3.8) is 0 Å². The zero-order chi connectivity index (χ0) is 18.8. The number of amides is 1. The second kappa shape index (κ2) is 7.72. The topological polar surface area (TPSA) is 70.1 Å². The molecule has 1 unspecified atom stereocenters. The zero-order valence-corrected chi connectivity index (χ0v) is 15.9. The van der Waals surface area contributed by atoms with Crippen molar-refractivity contribution in [2.75, 3.05) is 19.6 Å². The van der Waals surface area contributed by atoms with Gasteiger partial charge in [-0.2, -0.15) is 0 Å². The normalized spacial score (nSPS) is 21.4. The van der Waals surface area contributed by atoms with Gasteiger partial charge in [-0.1, -0.05) is 49.6 Å². The van der Waals surface area contributed by atoms with E-state index in [4.69, 9.17) is 0 Å². The second-order valence-corrected chi connectivity index (χ2v) is 7.73. The Kier molecular flexibility index (Phi) is 5.16. The van der Waals surface area contributed by atoms with Gasteiger partial charge in [-0.25, -0.2) is 4.79 Å². The third-order valence-corrected chi connectivity index (χ3v) is 5.89. The average Bonchev–Trinajstić information content (AvgIpc) is 3.06. The van der Waals surface area contributed by atoms with Crippen LogP contribution in [0.3, 0.4) is 0 Å². The van der Waals surface area contributed by atoms with E-state index in [1.807, 2.05) is 46.7 Å². The monoisotopic (exact) mass is 368 g/mol. The number of benzene rings is 1. The molecule has 2 aliphatic rings. The molecule has 144 valence electrons. The lowest BCUT2D eigenvalue weighted by Crippen LogP contribution is -2.52. The second-order valence-electron chi connectivity index (χ2n) is 7.73. The molecule has 6 nitrogen and oxygen atoms in total. The van der Waals surface area contributed by atoms with Gasteiger partial charge in [0.2, 0.25) is 0 Å². The summed E-state index contributed by atoms with van der Waals surface area (Å²) in [7, 11) is 0. The molecule has 2 fully saturated rings. The Labute approximate surface area is 159 Å². The van der Waals surface area contributed by atoms with Gasteiger partial charge in [0.25, 0.3) is 5.91 Å². The summed E-state index contributed by atoms with van der Waals surface area (Å²) in [5.74, 6) is -0.0745. The highest BCUT2D eigenvalue weighted by Crippen LogP contribution is 2.33. The van der Waals surface area contributed by atoms with Gasteiger partial charge in [-0.15, -0.1) is 0 Å². The van der Waals surface area contributed by atoms with Crippen molar-refractivity contribution in [1.29, 1.82) is 0 Å². The van der Waals surface area contributed by atoms with Crippen LogP contribution in [0.1, 0.15) is 55.6 Å². The highest BCUT2D eigenvalue weighted by atomic mass is 16.2. The van der Waals surface area contributed by atoms with E-state index in [0.29, 0.717) is 12.2 Å². The van der Waals surface area contributed by atoms with E-state index in [0.717, 1.165) is 50.0 Å². The lowest BCUT2D eigenvalue weighted by Gasteiger charge is -2.34. The third kappa shape index (κ3) is 3.46. The molecule has 1 aromatic heterocycles. The summed E-state index contributed by atoms with van der Waals surface area (Å²) in [5, 5.41) is 3.31. The van der Waals surface area contributed by atoms with Gasteiger partial charge >= 0.3 is 5.69 Å². The molecule has 1 amide bonds. The Morgan fingerprint density at radius 2 is 1.85 bits per heavy atom. The maximum Gasteiger partial charge on any atom is 0.326 e. The molecule has 0 spiro atoms. The van der Waals surface area contributed by atoms with Crippen LogP contribution in [0.25, 0.3) is 11.3 Å². The van der Waals surface area contributed by atoms with Crippen LogP contribution in [0.15, 0.2) is 35.1 Å². The zero-order valence-electron chi connectivity index (χ0n) is 15.9. The van der Waals surface area contributed by atoms with Crippen LogP contribution in [0.2, 0.25) is 0 Å². The SMILES string of the molecule is CC1CNCCN1C(=O)c1[nH]c(=O)n(C2CCCCC2)c1-c1ccccc1. The summed E-state index contributed by atoms with van der Waals surface area (Å²) in [5.41, 5.74) is 1.95. The van der Waals surface area contributed by atoms with E-state index < -0.39 is 0 Å². The molecule has 1 aliphatic heterocycles. The fraction of sp³-hybridized carbons (Fsp3) is 0.524. The van der Waals surface area contributed by atoms with E-state index in [1.54, 1.807) is 0 Å². The van der Waals surface area contributed by atoms with E-state index >= 15 is 0 Å². The molecule has 27 heavy (non-hydrogen) atoms. The number of hydrogen-bond acceptors (Lipinski definition) is 3. The molecule has 2 heterocycles. The van der Waals surface area contributed by atoms with E-state index in [9.17, 15) is 9.59 Å². The van der Waals surface area contributed by atoms with Crippen molar-refractivity contribution in [2.45, 2.75) is 51.1 Å². The number of nitrogens with zero attached hydrogens (tertiary/aromatic N) is 2. The maximum atomic E-state index is 13.4. The Balaban J connectivity index is 1.81. The first-order chi connectivity index (χ1) is 13.2. The molecule has 4 rings (SSSR count). The van der Waals surface area contributed by atoms with Crippen molar-refractivity contribution >= 4 is 5.91 Å². The highest BCUT2D eigenvalue weighted by molar-refractivity contribution is 5.98. The van der Waals surface area contributed by atoms with Crippen molar-refractivity contribution in [3.8, 4) is 11.3 Å². The van der Waals surface area contributed by atoms with Crippen LogP contribution in [-0.2, 0) is 0 Å². The van der Waals surface area contributed by atoms with Crippen LogP contribution in [0.5, 0.6) is 0 Å². The van der Waals surface area contributed by atoms with Gasteiger partial charge in [0.05, 0.1) is 5.69 Å². The average molecular weight is 368 g/mol. The number of nitrogens with one attached hydrogen (secondary N) is 2. The summed E-state index contributed by atoms with van der Waals surface area (Å²) >= 11 is 0. The fourth-order valence-corrected chi connectivity index (χ4v) is 4.46. The Bertz CT molecular complexity index is 849. The first-order valence-corrected chi connectivity index (χ1v) is 10.1. The predicted octanol–water partition coefficient (Wildman–Crippen LogP) is 2.78. The van der Waals surface area contributed by atoms with Crippen molar-refractivity contribution in [3.05, 3.63) is 46.5 Å². The van der Waals surface area contributed by atoms with Crippen molar-refractivity contribution in [2.24, 2.45) is 0 Å². The molecule has 0 bridgehead atoms. The van der Waals surface area contributed by atoms with Crippen molar-refractivity contribution < 1.29 is 4.79 Å². The number of H-pyrrole nitrogens is 1. The molecular formula is C21H28N4O2. The van der Waals surface area contributed by atoms with E-state index in [-0.39, 0.29) is 23.7 Å². The molecule has 1 aromatic carbocycles. The molecular weight excluding hydrogens is 340 g/mol. The van der Waals surface area contributed by atoms with Crippen LogP contribution in [0, 0.1) is 0 Å². The van der Waals surface area contributed by atoms with Crippen LogP contribution < -0.4 is 11.0 Å². The first-order valence-electron chi connectivity index (χ1n) is 10.1. The standard InChI is InChI=1S/C21H28N4O2/c1-15-14-22-12-13-24(15)20(26)18-19(16-8-4-2-5-9-16)25(21(27)23-18)17-10-6-3-7-11-17/h2,4-5,8-9,15,17,22H,3,6-7,10-14H2,1H3,(H,23,27). The summed E-state index contributed by atoms with van der Waals surface area (Å²) in [6.45, 7) is 4.26. The molecule has 1 saturated heterocycles. The smallest absolute Gasteiger partial charge is 0.326 e. The Morgan fingerprint density at radius 3 is 2.56 bits per heavy atom. The van der Waals surface area contributed by atoms with Gasteiger partial charge < -0.3 is 15.2 Å². The number of rotatable bonds is 3. The highest BCUT2D eigenvalue weighted by Gasteiger charge is 2.31. The summed E-state index contributed by atoms with van der Waals surface area (Å²) in [4.78, 5) is 31.1. The summed E-state index contributed by atoms with van der Waals surface area (Å²) in [6, 6.07) is 10.1. The largest absolute Gasteiger partial charge is 0.332 e. The van der Waals surface area contributed by atoms with Crippen molar-refractivity contribution in [1.82, 2.24) is 19.8 Å². The predicted molar refractivity (Wildman–Crippen MR) is 106 cm³/mol. The Morgan fingerprint density at radius 1 is 1.11 bits per heavy atom. The number of piperazine rings is 1. The summed E-state index contributed by atoms with van der Waals surface area (Å²) < 4.78 is 1.86. The minimum Gasteiger partial charge on any atom is -0.332 e. The fourth-order valence-electron chi connectivity index (χ4n) is 4.46. The number of carbonyl (C=O) groups is 1. The van der Waals surface area contributed by atoms with Gasteiger partial charge in [0.15, 0.2) is 0 Å². The molecule has 2 aromatic rings. The molecule has 1 saturated carbocycles. The number of hydrogen-bond donors (Lipinski definition) is 2. The van der Waals surface area contributed by atoms with Gasteiger partial charge in [0.1, 0.15) is 5.69 Å². The lowest BCUT2D eigenvalue weighted by atomic mass is 9.94. The number of carbonyl (C=O) groups excluding carboxylic acids is 1. The third-order valence-electron chi connectivity index (χ3n) is 5.89. The summed E-state index contributed by atoms with van der Waals surface area (Å²) in [6.07, 6.45) is 5.48. The van der Waals surface area contributed by atoms with Gasteiger partial charge in [-0.05, 0) is 19.8 Å². The van der Waals surface area contributed by atoms with Gasteiger partial charge in [-0.3, -0.25) is 9.36 Å². The number of aromatic amines is 1. The quantitative estimate of drug-likeness (QED) is 0.875. The molecule has 1 aliphatic carbocycles. The molecule has 0 radical (unpaired) electrons. The van der Waals surface area contributed by atoms with E-state index in [2.05, 4.69) is 10.3 Å². The number of imidazole rings is 1. The Hall–Kier alpha value is -2.34. The minimum absolute atomic E-state index is 0.0745. The van der Waals surface area contributed by atoms with Crippen LogP contribution >= 0.6 is 0 Å². The number of aromatic nitrogens is 2. The van der Waals surface area contributed by atoms with Gasteiger partial charge in [0, 0.05) is 37.3 Å². The van der Waals surface area contributed by atoms with Crippen LogP contribution in [-0.4, -0.2) is 46.0 Å².